The molecule has 1 heterocycles. The third kappa shape index (κ3) is 3.59. The smallest absolute Gasteiger partial charge is 0.343 e. The molecule has 8 nitrogen and oxygen atoms in total. The molecule has 0 saturated heterocycles. The van der Waals surface area contributed by atoms with Crippen LogP contribution >= 0.6 is 11.6 Å². The molecule has 146 valence electrons. The topological polar surface area (TPSA) is 117 Å². The van der Waals surface area contributed by atoms with Gasteiger partial charge in [0.15, 0.2) is 11.5 Å². The summed E-state index contributed by atoms with van der Waals surface area (Å²) >= 11 is 5.90. The van der Waals surface area contributed by atoms with Gasteiger partial charge in [-0.05, 0) is 24.3 Å². The summed E-state index contributed by atoms with van der Waals surface area (Å²) in [7, 11) is 2.88. The largest absolute Gasteiger partial charge is 0.493 e. The first-order chi connectivity index (χ1) is 13.3. The number of anilines is 1. The van der Waals surface area contributed by atoms with Crippen LogP contribution in [-0.4, -0.2) is 32.0 Å². The molecule has 0 aromatic heterocycles. The van der Waals surface area contributed by atoms with Crippen LogP contribution in [0.1, 0.15) is 38.8 Å². The van der Waals surface area contributed by atoms with Gasteiger partial charge >= 0.3 is 5.97 Å². The Hall–Kier alpha value is -3.26. The summed E-state index contributed by atoms with van der Waals surface area (Å²) in [5.74, 6) is -1.06. The van der Waals surface area contributed by atoms with Gasteiger partial charge in [0.2, 0.25) is 11.8 Å². The van der Waals surface area contributed by atoms with Crippen molar-refractivity contribution in [1.29, 1.82) is 0 Å². The van der Waals surface area contributed by atoms with Gasteiger partial charge < -0.3 is 25.3 Å². The lowest BCUT2D eigenvalue weighted by Gasteiger charge is -2.13. The highest BCUT2D eigenvalue weighted by Crippen LogP contribution is 2.43. The normalized spacial score (nSPS) is 14.8. The van der Waals surface area contributed by atoms with Crippen molar-refractivity contribution < 1.29 is 28.6 Å². The number of nitrogens with two attached hydrogens (primary N) is 1. The van der Waals surface area contributed by atoms with Gasteiger partial charge in [0, 0.05) is 11.3 Å². The second-order valence-corrected chi connectivity index (χ2v) is 6.38. The van der Waals surface area contributed by atoms with Crippen molar-refractivity contribution in [3.05, 3.63) is 52.0 Å². The molecule has 0 radical (unpaired) electrons. The molecule has 2 aromatic carbocycles. The number of amides is 2. The molecule has 3 rings (SSSR count). The molecule has 2 amide bonds. The summed E-state index contributed by atoms with van der Waals surface area (Å²) in [5, 5.41) is 2.82. The lowest BCUT2D eigenvalue weighted by Crippen LogP contribution is -2.17. The van der Waals surface area contributed by atoms with Crippen LogP contribution in [0.25, 0.3) is 0 Å². The Morgan fingerprint density at radius 2 is 1.96 bits per heavy atom. The number of fused-ring (bicyclic) bond motifs is 1. The number of rotatable bonds is 6. The zero-order valence-electron chi connectivity index (χ0n) is 15.1. The minimum atomic E-state index is -0.773. The Morgan fingerprint density at radius 1 is 1.21 bits per heavy atom. The van der Waals surface area contributed by atoms with Crippen molar-refractivity contribution in [3.63, 3.8) is 0 Å². The summed E-state index contributed by atoms with van der Waals surface area (Å²) in [5.41, 5.74) is 6.46. The van der Waals surface area contributed by atoms with E-state index in [0.29, 0.717) is 17.0 Å². The summed E-state index contributed by atoms with van der Waals surface area (Å²) in [6.45, 7) is 0. The zero-order chi connectivity index (χ0) is 20.4. The molecule has 0 unspecified atom stereocenters. The van der Waals surface area contributed by atoms with E-state index < -0.39 is 23.9 Å². The molecule has 3 N–H and O–H groups in total. The van der Waals surface area contributed by atoms with Crippen molar-refractivity contribution in [1.82, 2.24) is 0 Å². The molecule has 1 atom stereocenters. The third-order valence-electron chi connectivity index (χ3n) is 4.26. The van der Waals surface area contributed by atoms with Crippen LogP contribution in [0.5, 0.6) is 11.5 Å². The Kier molecular flexibility index (Phi) is 5.41. The zero-order valence-corrected chi connectivity index (χ0v) is 15.8. The lowest BCUT2D eigenvalue weighted by molar-refractivity contribution is -0.118. The Morgan fingerprint density at radius 3 is 2.61 bits per heavy atom. The fourth-order valence-corrected chi connectivity index (χ4v) is 3.21. The highest BCUT2D eigenvalue weighted by atomic mass is 35.5. The number of benzene rings is 2. The predicted octanol–water partition coefficient (Wildman–Crippen LogP) is 2.70. The first kappa shape index (κ1) is 19.5. The molecule has 28 heavy (non-hydrogen) atoms. The summed E-state index contributed by atoms with van der Waals surface area (Å²) < 4.78 is 15.8. The molecule has 0 fully saturated rings. The molecule has 0 bridgehead atoms. The number of cyclic esters (lactones) is 1. The summed E-state index contributed by atoms with van der Waals surface area (Å²) in [6, 6.07) is 7.68. The molecule has 0 spiro atoms. The SMILES string of the molecule is COc1ccc2c(c1OC)C(=O)O[C@@H]2CC(=O)Nc1ccc(Cl)c(C(N)=O)c1. The van der Waals surface area contributed by atoms with E-state index in [9.17, 15) is 14.4 Å². The first-order valence-electron chi connectivity index (χ1n) is 8.20. The fraction of sp³-hybridized carbons (Fsp3) is 0.211. The number of ether oxygens (including phenoxy) is 3. The third-order valence-corrected chi connectivity index (χ3v) is 4.59. The van der Waals surface area contributed by atoms with Gasteiger partial charge in [-0.1, -0.05) is 17.7 Å². The van der Waals surface area contributed by atoms with E-state index >= 15 is 0 Å². The fourth-order valence-electron chi connectivity index (χ4n) is 3.00. The van der Waals surface area contributed by atoms with Crippen LogP contribution in [0.2, 0.25) is 5.02 Å². The first-order valence-corrected chi connectivity index (χ1v) is 8.58. The molecule has 0 saturated carbocycles. The van der Waals surface area contributed by atoms with E-state index in [2.05, 4.69) is 5.32 Å². The minimum Gasteiger partial charge on any atom is -0.493 e. The summed E-state index contributed by atoms with van der Waals surface area (Å²) in [6.07, 6.45) is -0.895. The van der Waals surface area contributed by atoms with Gasteiger partial charge in [-0.25, -0.2) is 4.79 Å². The van der Waals surface area contributed by atoms with E-state index in [-0.39, 0.29) is 28.3 Å². The van der Waals surface area contributed by atoms with Gasteiger partial charge in [0.25, 0.3) is 0 Å². The maximum Gasteiger partial charge on any atom is 0.343 e. The van der Waals surface area contributed by atoms with E-state index in [4.69, 9.17) is 31.5 Å². The maximum atomic E-state index is 12.4. The number of primary amides is 1. The summed E-state index contributed by atoms with van der Waals surface area (Å²) in [4.78, 5) is 36.1. The van der Waals surface area contributed by atoms with E-state index in [0.717, 1.165) is 0 Å². The van der Waals surface area contributed by atoms with Crippen molar-refractivity contribution in [3.8, 4) is 11.5 Å². The molecule has 9 heteroatoms. The van der Waals surface area contributed by atoms with E-state index in [1.165, 1.54) is 32.4 Å². The lowest BCUT2D eigenvalue weighted by atomic mass is 10.0. The number of nitrogens with one attached hydrogen (secondary N) is 1. The molecular weight excluding hydrogens is 388 g/mol. The molecule has 2 aromatic rings. The van der Waals surface area contributed by atoms with Crippen molar-refractivity contribution >= 4 is 35.1 Å². The predicted molar refractivity (Wildman–Crippen MR) is 101 cm³/mol. The second kappa shape index (κ2) is 7.77. The van der Waals surface area contributed by atoms with Crippen LogP contribution in [0.3, 0.4) is 0 Å². The highest BCUT2D eigenvalue weighted by Gasteiger charge is 2.36. The quantitative estimate of drug-likeness (QED) is 0.715. The molecule has 1 aliphatic heterocycles. The standard InChI is InChI=1S/C19H17ClN2O6/c1-26-13-6-4-10-14(28-19(25)16(10)17(13)27-2)8-15(23)22-9-3-5-12(20)11(7-9)18(21)24/h3-7,14H,8H2,1-2H3,(H2,21,24)(H,22,23)/t14-/m1/s1. The van der Waals surface area contributed by atoms with Crippen LogP contribution in [0.15, 0.2) is 30.3 Å². The van der Waals surface area contributed by atoms with Gasteiger partial charge in [-0.2, -0.15) is 0 Å². The van der Waals surface area contributed by atoms with Crippen molar-refractivity contribution in [2.75, 3.05) is 19.5 Å². The Labute approximate surface area is 165 Å². The van der Waals surface area contributed by atoms with Crippen LogP contribution in [-0.2, 0) is 9.53 Å². The van der Waals surface area contributed by atoms with E-state index in [1.807, 2.05) is 0 Å². The minimum absolute atomic E-state index is 0.0916. The van der Waals surface area contributed by atoms with Crippen LogP contribution in [0, 0.1) is 0 Å². The number of hydrogen-bond acceptors (Lipinski definition) is 6. The molecule has 1 aliphatic rings. The molecular formula is C19H17ClN2O6. The second-order valence-electron chi connectivity index (χ2n) is 5.97. The van der Waals surface area contributed by atoms with Gasteiger partial charge in [0.1, 0.15) is 11.7 Å². The Bertz CT molecular complexity index is 975. The number of esters is 1. The number of halogens is 1. The van der Waals surface area contributed by atoms with Gasteiger partial charge in [-0.3, -0.25) is 9.59 Å². The van der Waals surface area contributed by atoms with E-state index in [1.54, 1.807) is 12.1 Å². The highest BCUT2D eigenvalue weighted by molar-refractivity contribution is 6.34. The average molecular weight is 405 g/mol. The van der Waals surface area contributed by atoms with Crippen molar-refractivity contribution in [2.24, 2.45) is 5.73 Å². The van der Waals surface area contributed by atoms with Crippen LogP contribution in [0.4, 0.5) is 5.69 Å². The van der Waals surface area contributed by atoms with Crippen molar-refractivity contribution in [2.45, 2.75) is 12.5 Å². The van der Waals surface area contributed by atoms with Gasteiger partial charge in [-0.15, -0.1) is 0 Å². The Balaban J connectivity index is 1.79. The number of carbonyl (C=O) groups is 3. The number of carbonyl (C=O) groups excluding carboxylic acids is 3. The number of hydrogen-bond donors (Lipinski definition) is 2. The monoisotopic (exact) mass is 404 g/mol. The number of methoxy groups -OCH3 is 2. The van der Waals surface area contributed by atoms with Crippen LogP contribution < -0.4 is 20.5 Å². The maximum absolute atomic E-state index is 12.4. The average Bonchev–Trinajstić information content (AvgIpc) is 2.97. The molecule has 0 aliphatic carbocycles. The van der Waals surface area contributed by atoms with Gasteiger partial charge in [0.05, 0.1) is 31.2 Å².